The maximum atomic E-state index is 13.9. The molecule has 1 aromatic heterocycles. The summed E-state index contributed by atoms with van der Waals surface area (Å²) in [4.78, 5) is 0. The number of hydrogen-bond donors (Lipinski definition) is 0. The van der Waals surface area contributed by atoms with Gasteiger partial charge in [0.05, 0.1) is 0 Å². The average molecular weight is 286 g/mol. The van der Waals surface area contributed by atoms with Crippen molar-refractivity contribution in [2.75, 3.05) is 0 Å². The van der Waals surface area contributed by atoms with Crippen LogP contribution in [0.3, 0.4) is 0 Å². The van der Waals surface area contributed by atoms with Crippen LogP contribution in [0.2, 0.25) is 0 Å². The summed E-state index contributed by atoms with van der Waals surface area (Å²) in [6.07, 6.45) is 1.34. The van der Waals surface area contributed by atoms with E-state index in [0.717, 1.165) is 22.7 Å². The number of benzene rings is 1. The standard InChI is InChI=1S/C12H13BrFNO/c1-2-3-4-10(14)12-9-6-5-8(13)7-11(9)16-15-12/h5-7,10H,2-4H2,1H3. The first-order chi connectivity index (χ1) is 7.72. The predicted molar refractivity (Wildman–Crippen MR) is 65.1 cm³/mol. The Hall–Kier alpha value is -0.900. The Labute approximate surface area is 102 Å². The molecule has 0 saturated heterocycles. The molecule has 0 aliphatic heterocycles. The van der Waals surface area contributed by atoms with Crippen molar-refractivity contribution in [1.82, 2.24) is 5.16 Å². The van der Waals surface area contributed by atoms with Crippen LogP contribution in [0.1, 0.15) is 38.1 Å². The molecule has 0 bridgehead atoms. The van der Waals surface area contributed by atoms with Crippen molar-refractivity contribution in [3.8, 4) is 0 Å². The number of hydrogen-bond acceptors (Lipinski definition) is 2. The molecule has 0 amide bonds. The molecule has 2 rings (SSSR count). The number of nitrogens with zero attached hydrogens (tertiary/aromatic N) is 1. The van der Waals surface area contributed by atoms with Gasteiger partial charge in [-0.25, -0.2) is 4.39 Å². The third-order valence-electron chi connectivity index (χ3n) is 2.57. The molecule has 1 unspecified atom stereocenters. The summed E-state index contributed by atoms with van der Waals surface area (Å²) in [6, 6.07) is 5.51. The zero-order valence-electron chi connectivity index (χ0n) is 9.04. The van der Waals surface area contributed by atoms with Gasteiger partial charge in [-0.15, -0.1) is 0 Å². The number of rotatable bonds is 4. The molecule has 0 spiro atoms. The van der Waals surface area contributed by atoms with Crippen LogP contribution < -0.4 is 0 Å². The fourth-order valence-electron chi connectivity index (χ4n) is 1.68. The summed E-state index contributed by atoms with van der Waals surface area (Å²) in [5, 5.41) is 4.59. The Morgan fingerprint density at radius 1 is 1.50 bits per heavy atom. The third-order valence-corrected chi connectivity index (χ3v) is 3.06. The van der Waals surface area contributed by atoms with E-state index in [2.05, 4.69) is 21.1 Å². The molecule has 0 saturated carbocycles. The van der Waals surface area contributed by atoms with Gasteiger partial charge < -0.3 is 4.52 Å². The zero-order valence-corrected chi connectivity index (χ0v) is 10.6. The molecular weight excluding hydrogens is 273 g/mol. The van der Waals surface area contributed by atoms with Gasteiger partial charge in [-0.1, -0.05) is 40.9 Å². The number of unbranched alkanes of at least 4 members (excludes halogenated alkanes) is 1. The van der Waals surface area contributed by atoms with E-state index in [1.807, 2.05) is 19.1 Å². The summed E-state index contributed by atoms with van der Waals surface area (Å²) in [7, 11) is 0. The van der Waals surface area contributed by atoms with Crippen molar-refractivity contribution in [2.45, 2.75) is 32.4 Å². The lowest BCUT2D eigenvalue weighted by Gasteiger charge is -2.03. The maximum absolute atomic E-state index is 13.9. The summed E-state index contributed by atoms with van der Waals surface area (Å²) >= 11 is 3.34. The second kappa shape index (κ2) is 4.95. The molecule has 0 fully saturated rings. The summed E-state index contributed by atoms with van der Waals surface area (Å²) < 4.78 is 19.9. The average Bonchev–Trinajstić information content (AvgIpc) is 2.68. The van der Waals surface area contributed by atoms with Gasteiger partial charge in [0.2, 0.25) is 0 Å². The highest BCUT2D eigenvalue weighted by atomic mass is 79.9. The number of fused-ring (bicyclic) bond motifs is 1. The highest BCUT2D eigenvalue weighted by Gasteiger charge is 2.17. The lowest BCUT2D eigenvalue weighted by atomic mass is 10.1. The van der Waals surface area contributed by atoms with Crippen LogP contribution in [-0.2, 0) is 0 Å². The first kappa shape index (κ1) is 11.6. The molecule has 0 aliphatic carbocycles. The fraction of sp³-hybridized carbons (Fsp3) is 0.417. The van der Waals surface area contributed by atoms with Crippen LogP contribution in [0, 0.1) is 0 Å². The number of aromatic nitrogens is 1. The second-order valence-corrected chi connectivity index (χ2v) is 4.73. The van der Waals surface area contributed by atoms with Gasteiger partial charge in [0.25, 0.3) is 0 Å². The summed E-state index contributed by atoms with van der Waals surface area (Å²) in [5.41, 5.74) is 1.06. The Morgan fingerprint density at radius 2 is 2.31 bits per heavy atom. The molecule has 16 heavy (non-hydrogen) atoms. The van der Waals surface area contributed by atoms with Gasteiger partial charge in [-0.3, -0.25) is 0 Å². The molecular formula is C12H13BrFNO. The lowest BCUT2D eigenvalue weighted by molar-refractivity contribution is 0.295. The minimum Gasteiger partial charge on any atom is -0.356 e. The van der Waals surface area contributed by atoms with E-state index in [-0.39, 0.29) is 0 Å². The summed E-state index contributed by atoms with van der Waals surface area (Å²) in [6.45, 7) is 2.05. The van der Waals surface area contributed by atoms with E-state index in [4.69, 9.17) is 4.52 Å². The van der Waals surface area contributed by atoms with Gasteiger partial charge in [-0.05, 0) is 24.6 Å². The third kappa shape index (κ3) is 2.26. The highest BCUT2D eigenvalue weighted by molar-refractivity contribution is 9.10. The minimum absolute atomic E-state index is 0.427. The first-order valence-corrected chi connectivity index (χ1v) is 6.20. The van der Waals surface area contributed by atoms with Crippen molar-refractivity contribution in [2.24, 2.45) is 0 Å². The molecule has 2 nitrogen and oxygen atoms in total. The quantitative estimate of drug-likeness (QED) is 0.807. The van der Waals surface area contributed by atoms with Crippen molar-refractivity contribution < 1.29 is 8.91 Å². The molecule has 0 radical (unpaired) electrons. The van der Waals surface area contributed by atoms with Gasteiger partial charge in [-0.2, -0.15) is 0 Å². The zero-order chi connectivity index (χ0) is 11.5. The van der Waals surface area contributed by atoms with E-state index < -0.39 is 6.17 Å². The Bertz CT molecular complexity index is 483. The minimum atomic E-state index is -1.03. The molecule has 2 aromatic rings. The van der Waals surface area contributed by atoms with E-state index in [0.29, 0.717) is 17.7 Å². The van der Waals surface area contributed by atoms with Crippen molar-refractivity contribution in [1.29, 1.82) is 0 Å². The van der Waals surface area contributed by atoms with Crippen LogP contribution in [-0.4, -0.2) is 5.16 Å². The van der Waals surface area contributed by atoms with E-state index in [9.17, 15) is 4.39 Å². The van der Waals surface area contributed by atoms with Crippen LogP contribution >= 0.6 is 15.9 Å². The van der Waals surface area contributed by atoms with Crippen LogP contribution in [0.5, 0.6) is 0 Å². The first-order valence-electron chi connectivity index (χ1n) is 5.41. The van der Waals surface area contributed by atoms with E-state index in [1.165, 1.54) is 0 Å². The number of halogens is 2. The Morgan fingerprint density at radius 3 is 3.06 bits per heavy atom. The molecule has 4 heteroatoms. The molecule has 1 heterocycles. The van der Waals surface area contributed by atoms with Gasteiger partial charge in [0.15, 0.2) is 5.58 Å². The van der Waals surface area contributed by atoms with Gasteiger partial charge in [0, 0.05) is 9.86 Å². The van der Waals surface area contributed by atoms with Crippen LogP contribution in [0.15, 0.2) is 27.2 Å². The smallest absolute Gasteiger partial charge is 0.168 e. The Balaban J connectivity index is 2.31. The summed E-state index contributed by atoms with van der Waals surface area (Å²) in [5.74, 6) is 0. The lowest BCUT2D eigenvalue weighted by Crippen LogP contribution is -1.92. The van der Waals surface area contributed by atoms with Gasteiger partial charge in [0.1, 0.15) is 11.9 Å². The Kier molecular flexibility index (Phi) is 3.59. The highest BCUT2D eigenvalue weighted by Crippen LogP contribution is 2.30. The largest absolute Gasteiger partial charge is 0.356 e. The van der Waals surface area contributed by atoms with Gasteiger partial charge >= 0.3 is 0 Å². The molecule has 0 aliphatic rings. The molecule has 1 aromatic carbocycles. The van der Waals surface area contributed by atoms with Crippen LogP contribution in [0.25, 0.3) is 11.0 Å². The molecule has 0 N–H and O–H groups in total. The monoisotopic (exact) mass is 285 g/mol. The second-order valence-electron chi connectivity index (χ2n) is 3.82. The van der Waals surface area contributed by atoms with E-state index in [1.54, 1.807) is 6.07 Å². The number of alkyl halides is 1. The normalized spacial score (nSPS) is 13.2. The van der Waals surface area contributed by atoms with Crippen molar-refractivity contribution >= 4 is 26.9 Å². The van der Waals surface area contributed by atoms with E-state index >= 15 is 0 Å². The van der Waals surface area contributed by atoms with Crippen molar-refractivity contribution in [3.63, 3.8) is 0 Å². The SMILES string of the molecule is CCCCC(F)c1noc2cc(Br)ccc12. The van der Waals surface area contributed by atoms with Crippen LogP contribution in [0.4, 0.5) is 4.39 Å². The predicted octanol–water partition coefficient (Wildman–Crippen LogP) is 4.79. The maximum Gasteiger partial charge on any atom is 0.168 e. The topological polar surface area (TPSA) is 26.0 Å². The molecule has 1 atom stereocenters. The molecule has 86 valence electrons. The fourth-order valence-corrected chi connectivity index (χ4v) is 2.02. The van der Waals surface area contributed by atoms with Crippen molar-refractivity contribution in [3.05, 3.63) is 28.4 Å².